The molecule has 0 aromatic rings. The molecular formula is C9H12BrF6NO. The first-order valence-corrected chi connectivity index (χ1v) is 5.90. The van der Waals surface area contributed by atoms with Crippen LogP contribution in [0.4, 0.5) is 26.3 Å². The molecule has 9 heteroatoms. The lowest BCUT2D eigenvalue weighted by Gasteiger charge is -2.26. The fourth-order valence-corrected chi connectivity index (χ4v) is 1.16. The van der Waals surface area contributed by atoms with Crippen LogP contribution in [-0.4, -0.2) is 30.1 Å². The Hall–Kier alpha value is -0.470. The van der Waals surface area contributed by atoms with E-state index in [1.807, 2.05) is 0 Å². The van der Waals surface area contributed by atoms with E-state index in [-0.39, 0.29) is 6.54 Å². The van der Waals surface area contributed by atoms with Crippen molar-refractivity contribution in [3.8, 4) is 0 Å². The van der Waals surface area contributed by atoms with E-state index in [1.165, 1.54) is 0 Å². The third-order valence-electron chi connectivity index (χ3n) is 2.02. The Kier molecular flexibility index (Phi) is 5.52. The molecule has 0 rings (SSSR count). The first-order chi connectivity index (χ1) is 7.81. The highest BCUT2D eigenvalue weighted by Gasteiger charge is 2.61. The number of alkyl halides is 7. The average Bonchev–Trinajstić information content (AvgIpc) is 2.10. The summed E-state index contributed by atoms with van der Waals surface area (Å²) in [5, 5.41) is 2.00. The Morgan fingerprint density at radius 3 is 1.78 bits per heavy atom. The molecule has 0 saturated carbocycles. The Morgan fingerprint density at radius 1 is 1.11 bits per heavy atom. The summed E-state index contributed by atoms with van der Waals surface area (Å²) in [4.78, 5) is 11.0. The molecule has 0 aliphatic rings. The molecule has 1 amide bonds. The summed E-state index contributed by atoms with van der Waals surface area (Å²) in [7, 11) is 0. The Labute approximate surface area is 108 Å². The Bertz CT molecular complexity index is 284. The van der Waals surface area contributed by atoms with Gasteiger partial charge in [-0.3, -0.25) is 4.79 Å². The summed E-state index contributed by atoms with van der Waals surface area (Å²) in [5.74, 6) is -6.07. The van der Waals surface area contributed by atoms with E-state index in [2.05, 4.69) is 15.9 Å². The van der Waals surface area contributed by atoms with Gasteiger partial charge in [-0.15, -0.1) is 0 Å². The van der Waals surface area contributed by atoms with Crippen LogP contribution in [0.2, 0.25) is 0 Å². The zero-order valence-electron chi connectivity index (χ0n) is 9.55. The summed E-state index contributed by atoms with van der Waals surface area (Å²) in [6.45, 7) is 2.87. The number of hydrogen-bond acceptors (Lipinski definition) is 1. The minimum atomic E-state index is -5.65. The molecule has 0 aromatic heterocycles. The maximum atomic E-state index is 12.2. The van der Waals surface area contributed by atoms with Crippen LogP contribution < -0.4 is 5.32 Å². The standard InChI is InChI=1S/C9H12BrF6NO/c1-7(2,3-10)4-17-6(18)5(8(11,12)13)9(14,15)16/h5H,3-4H2,1-2H3,(H,17,18). The largest absolute Gasteiger partial charge is 0.409 e. The highest BCUT2D eigenvalue weighted by atomic mass is 79.9. The summed E-state index contributed by atoms with van der Waals surface area (Å²) >= 11 is 3.04. The SMILES string of the molecule is CC(C)(CBr)CNC(=O)C(C(F)(F)F)C(F)(F)F. The van der Waals surface area contributed by atoms with Gasteiger partial charge in [0.2, 0.25) is 11.8 Å². The van der Waals surface area contributed by atoms with E-state index in [9.17, 15) is 31.1 Å². The van der Waals surface area contributed by atoms with Gasteiger partial charge in [-0.25, -0.2) is 0 Å². The summed E-state index contributed by atoms with van der Waals surface area (Å²) in [6, 6.07) is 0. The second kappa shape index (κ2) is 5.66. The fourth-order valence-electron chi connectivity index (χ4n) is 0.959. The molecule has 18 heavy (non-hydrogen) atoms. The molecule has 0 saturated heterocycles. The quantitative estimate of drug-likeness (QED) is 0.616. The Morgan fingerprint density at radius 2 is 1.50 bits per heavy atom. The molecule has 0 fully saturated rings. The van der Waals surface area contributed by atoms with Crippen LogP contribution in [0, 0.1) is 11.3 Å². The van der Waals surface area contributed by atoms with Crippen LogP contribution in [0.1, 0.15) is 13.8 Å². The zero-order chi connectivity index (χ0) is 14.8. The van der Waals surface area contributed by atoms with E-state index < -0.39 is 29.6 Å². The van der Waals surface area contributed by atoms with Gasteiger partial charge in [0.05, 0.1) is 0 Å². The molecule has 0 spiro atoms. The van der Waals surface area contributed by atoms with Crippen molar-refractivity contribution in [1.82, 2.24) is 5.32 Å². The van der Waals surface area contributed by atoms with Gasteiger partial charge in [0.1, 0.15) is 0 Å². The number of halogens is 7. The van der Waals surface area contributed by atoms with Crippen molar-refractivity contribution in [3.63, 3.8) is 0 Å². The fraction of sp³-hybridized carbons (Fsp3) is 0.889. The average molecular weight is 344 g/mol. The van der Waals surface area contributed by atoms with Gasteiger partial charge in [0, 0.05) is 11.9 Å². The van der Waals surface area contributed by atoms with Crippen molar-refractivity contribution in [2.75, 3.05) is 11.9 Å². The number of nitrogens with one attached hydrogen (secondary N) is 1. The second-order valence-corrected chi connectivity index (χ2v) is 5.09. The third-order valence-corrected chi connectivity index (χ3v) is 3.54. The smallest absolute Gasteiger partial charge is 0.355 e. The van der Waals surface area contributed by atoms with Gasteiger partial charge < -0.3 is 5.32 Å². The van der Waals surface area contributed by atoms with E-state index in [1.54, 1.807) is 19.2 Å². The highest BCUT2D eigenvalue weighted by molar-refractivity contribution is 9.09. The molecule has 0 bridgehead atoms. The molecule has 0 aliphatic carbocycles. The predicted molar refractivity (Wildman–Crippen MR) is 56.2 cm³/mol. The maximum absolute atomic E-state index is 12.2. The van der Waals surface area contributed by atoms with Gasteiger partial charge in [-0.2, -0.15) is 26.3 Å². The van der Waals surface area contributed by atoms with Crippen molar-refractivity contribution < 1.29 is 31.1 Å². The number of carbonyl (C=O) groups is 1. The summed E-state index contributed by atoms with van der Waals surface area (Å²) < 4.78 is 73.1. The van der Waals surface area contributed by atoms with Crippen LogP contribution >= 0.6 is 15.9 Å². The van der Waals surface area contributed by atoms with Crippen molar-refractivity contribution in [3.05, 3.63) is 0 Å². The first kappa shape index (κ1) is 17.5. The number of rotatable bonds is 4. The lowest BCUT2D eigenvalue weighted by molar-refractivity contribution is -0.274. The summed E-state index contributed by atoms with van der Waals surface area (Å²) in [5.41, 5.74) is -0.641. The van der Waals surface area contributed by atoms with E-state index in [0.717, 1.165) is 0 Å². The van der Waals surface area contributed by atoms with Crippen LogP contribution in [-0.2, 0) is 4.79 Å². The van der Waals surface area contributed by atoms with E-state index in [0.29, 0.717) is 5.33 Å². The van der Waals surface area contributed by atoms with Crippen LogP contribution in [0.3, 0.4) is 0 Å². The lowest BCUT2D eigenvalue weighted by atomic mass is 9.96. The van der Waals surface area contributed by atoms with Gasteiger partial charge in [-0.05, 0) is 5.41 Å². The van der Waals surface area contributed by atoms with Crippen LogP contribution in [0.5, 0.6) is 0 Å². The normalized spacial score (nSPS) is 13.9. The topological polar surface area (TPSA) is 29.1 Å². The molecule has 0 unspecified atom stereocenters. The van der Waals surface area contributed by atoms with Crippen molar-refractivity contribution >= 4 is 21.8 Å². The number of amides is 1. The van der Waals surface area contributed by atoms with E-state index >= 15 is 0 Å². The minimum absolute atomic E-state index is 0.292. The monoisotopic (exact) mass is 343 g/mol. The number of hydrogen-bond donors (Lipinski definition) is 1. The molecule has 0 heterocycles. The second-order valence-electron chi connectivity index (χ2n) is 4.53. The third kappa shape index (κ3) is 5.45. The molecular weight excluding hydrogens is 332 g/mol. The van der Waals surface area contributed by atoms with Gasteiger partial charge in [0.15, 0.2) is 0 Å². The molecule has 0 radical (unpaired) electrons. The minimum Gasteiger partial charge on any atom is -0.355 e. The molecule has 0 aliphatic heterocycles. The Balaban J connectivity index is 4.82. The lowest BCUT2D eigenvalue weighted by Crippen LogP contribution is -2.49. The highest BCUT2D eigenvalue weighted by Crippen LogP contribution is 2.39. The molecule has 1 N–H and O–H groups in total. The molecule has 108 valence electrons. The molecule has 0 aromatic carbocycles. The van der Waals surface area contributed by atoms with Gasteiger partial charge >= 0.3 is 12.4 Å². The maximum Gasteiger partial charge on any atom is 0.409 e. The summed E-state index contributed by atoms with van der Waals surface area (Å²) in [6.07, 6.45) is -11.3. The van der Waals surface area contributed by atoms with Gasteiger partial charge in [-0.1, -0.05) is 29.8 Å². The van der Waals surface area contributed by atoms with Crippen LogP contribution in [0.25, 0.3) is 0 Å². The molecule has 0 atom stereocenters. The van der Waals surface area contributed by atoms with Gasteiger partial charge in [0.25, 0.3) is 0 Å². The number of carbonyl (C=O) groups excluding carboxylic acids is 1. The predicted octanol–water partition coefficient (Wildman–Crippen LogP) is 3.26. The van der Waals surface area contributed by atoms with Crippen molar-refractivity contribution in [2.45, 2.75) is 26.2 Å². The van der Waals surface area contributed by atoms with Crippen LogP contribution in [0.15, 0.2) is 0 Å². The zero-order valence-corrected chi connectivity index (χ0v) is 11.1. The molecule has 2 nitrogen and oxygen atoms in total. The van der Waals surface area contributed by atoms with Crippen molar-refractivity contribution in [2.24, 2.45) is 11.3 Å². The van der Waals surface area contributed by atoms with E-state index in [4.69, 9.17) is 0 Å². The van der Waals surface area contributed by atoms with Crippen molar-refractivity contribution in [1.29, 1.82) is 0 Å². The first-order valence-electron chi connectivity index (χ1n) is 4.78.